The van der Waals surface area contributed by atoms with Crippen molar-refractivity contribution in [1.29, 1.82) is 0 Å². The van der Waals surface area contributed by atoms with Crippen molar-refractivity contribution >= 4 is 0 Å². The van der Waals surface area contributed by atoms with Crippen molar-refractivity contribution in [3.05, 3.63) is 29.6 Å². The molecule has 2 rings (SSSR count). The van der Waals surface area contributed by atoms with Gasteiger partial charge in [-0.3, -0.25) is 4.98 Å². The van der Waals surface area contributed by atoms with E-state index in [1.807, 2.05) is 12.4 Å². The Morgan fingerprint density at radius 3 is 2.75 bits per heavy atom. The molecule has 1 fully saturated rings. The Morgan fingerprint density at radius 2 is 2.19 bits per heavy atom. The number of pyridine rings is 1. The zero-order chi connectivity index (χ0) is 11.6. The third-order valence-corrected chi connectivity index (χ3v) is 3.56. The molecular weight excluding hydrogens is 196 g/mol. The summed E-state index contributed by atoms with van der Waals surface area (Å²) < 4.78 is 0. The maximum absolute atomic E-state index is 4.31. The standard InChI is InChI=1S/C14H22N2/c1-4-7-16-13(14(3)5-6-14)12-8-11(2)9-15-10-12/h8-10,13,16H,4-7H2,1-3H3. The van der Waals surface area contributed by atoms with Gasteiger partial charge in [0, 0.05) is 18.4 Å². The highest BCUT2D eigenvalue weighted by atomic mass is 14.9. The van der Waals surface area contributed by atoms with Gasteiger partial charge in [-0.2, -0.15) is 0 Å². The molecule has 0 aromatic carbocycles. The number of rotatable bonds is 5. The Balaban J connectivity index is 2.18. The summed E-state index contributed by atoms with van der Waals surface area (Å²) in [6.45, 7) is 7.80. The van der Waals surface area contributed by atoms with E-state index < -0.39 is 0 Å². The summed E-state index contributed by atoms with van der Waals surface area (Å²) in [5.41, 5.74) is 3.07. The third kappa shape index (κ3) is 2.43. The van der Waals surface area contributed by atoms with Gasteiger partial charge in [0.25, 0.3) is 0 Å². The van der Waals surface area contributed by atoms with Crippen LogP contribution in [0.2, 0.25) is 0 Å². The molecule has 1 aromatic heterocycles. The minimum Gasteiger partial charge on any atom is -0.309 e. The second-order valence-corrected chi connectivity index (χ2v) is 5.34. The average Bonchev–Trinajstić information content (AvgIpc) is 2.98. The minimum atomic E-state index is 0.463. The number of aromatic nitrogens is 1. The number of aryl methyl sites for hydroxylation is 1. The van der Waals surface area contributed by atoms with E-state index in [4.69, 9.17) is 0 Å². The molecule has 1 unspecified atom stereocenters. The van der Waals surface area contributed by atoms with E-state index >= 15 is 0 Å². The number of hydrogen-bond acceptors (Lipinski definition) is 2. The van der Waals surface area contributed by atoms with Crippen molar-refractivity contribution in [2.45, 2.75) is 46.1 Å². The first-order valence-corrected chi connectivity index (χ1v) is 6.30. The van der Waals surface area contributed by atoms with Gasteiger partial charge < -0.3 is 5.32 Å². The van der Waals surface area contributed by atoms with Gasteiger partial charge in [-0.05, 0) is 49.3 Å². The lowest BCUT2D eigenvalue weighted by atomic mass is 9.92. The SMILES string of the molecule is CCCNC(c1cncc(C)c1)C1(C)CC1. The molecule has 0 aliphatic heterocycles. The van der Waals surface area contributed by atoms with Crippen molar-refractivity contribution in [3.8, 4) is 0 Å². The fourth-order valence-electron chi connectivity index (χ4n) is 2.28. The maximum atomic E-state index is 4.31. The lowest BCUT2D eigenvalue weighted by Crippen LogP contribution is -2.28. The van der Waals surface area contributed by atoms with Crippen LogP contribution in [-0.2, 0) is 0 Å². The average molecular weight is 218 g/mol. The van der Waals surface area contributed by atoms with Gasteiger partial charge in [-0.15, -0.1) is 0 Å². The maximum Gasteiger partial charge on any atom is 0.0389 e. The smallest absolute Gasteiger partial charge is 0.0389 e. The Hall–Kier alpha value is -0.890. The predicted molar refractivity (Wildman–Crippen MR) is 67.3 cm³/mol. The first-order chi connectivity index (χ1) is 7.65. The molecule has 1 aliphatic rings. The summed E-state index contributed by atoms with van der Waals surface area (Å²) in [4.78, 5) is 4.31. The van der Waals surface area contributed by atoms with Gasteiger partial charge in [0.2, 0.25) is 0 Å². The van der Waals surface area contributed by atoms with Crippen LogP contribution in [0.3, 0.4) is 0 Å². The molecule has 2 nitrogen and oxygen atoms in total. The van der Waals surface area contributed by atoms with Crippen LogP contribution in [0.15, 0.2) is 18.5 Å². The molecular formula is C14H22N2. The molecule has 1 aromatic rings. The fourth-order valence-corrected chi connectivity index (χ4v) is 2.28. The van der Waals surface area contributed by atoms with Crippen LogP contribution in [0.5, 0.6) is 0 Å². The van der Waals surface area contributed by atoms with Crippen molar-refractivity contribution < 1.29 is 0 Å². The Kier molecular flexibility index (Phi) is 3.29. The van der Waals surface area contributed by atoms with E-state index in [2.05, 4.69) is 37.1 Å². The number of nitrogens with zero attached hydrogens (tertiary/aromatic N) is 1. The zero-order valence-electron chi connectivity index (χ0n) is 10.6. The molecule has 1 atom stereocenters. The zero-order valence-corrected chi connectivity index (χ0v) is 10.6. The highest BCUT2D eigenvalue weighted by molar-refractivity contribution is 5.24. The van der Waals surface area contributed by atoms with Crippen molar-refractivity contribution in [1.82, 2.24) is 10.3 Å². The Labute approximate surface area is 98.5 Å². The summed E-state index contributed by atoms with van der Waals surface area (Å²) in [6.07, 6.45) is 7.80. The number of nitrogens with one attached hydrogen (secondary N) is 1. The Bertz CT molecular complexity index is 356. The van der Waals surface area contributed by atoms with E-state index in [9.17, 15) is 0 Å². The summed E-state index contributed by atoms with van der Waals surface area (Å²) in [5, 5.41) is 3.68. The minimum absolute atomic E-state index is 0.463. The van der Waals surface area contributed by atoms with Crippen LogP contribution in [-0.4, -0.2) is 11.5 Å². The van der Waals surface area contributed by atoms with Crippen LogP contribution < -0.4 is 5.32 Å². The van der Waals surface area contributed by atoms with Crippen molar-refractivity contribution in [2.24, 2.45) is 5.41 Å². The fraction of sp³-hybridized carbons (Fsp3) is 0.643. The highest BCUT2D eigenvalue weighted by Gasteiger charge is 2.45. The van der Waals surface area contributed by atoms with Crippen molar-refractivity contribution in [2.75, 3.05) is 6.54 Å². The lowest BCUT2D eigenvalue weighted by Gasteiger charge is -2.25. The van der Waals surface area contributed by atoms with Crippen LogP contribution in [0.4, 0.5) is 0 Å². The number of hydrogen-bond donors (Lipinski definition) is 1. The molecule has 1 aliphatic carbocycles. The highest BCUT2D eigenvalue weighted by Crippen LogP contribution is 2.54. The van der Waals surface area contributed by atoms with Crippen LogP contribution in [0, 0.1) is 12.3 Å². The van der Waals surface area contributed by atoms with E-state index in [0.29, 0.717) is 11.5 Å². The van der Waals surface area contributed by atoms with E-state index in [0.717, 1.165) is 6.54 Å². The van der Waals surface area contributed by atoms with E-state index in [1.54, 1.807) is 0 Å². The van der Waals surface area contributed by atoms with Gasteiger partial charge in [-0.1, -0.05) is 19.9 Å². The molecule has 0 saturated heterocycles. The van der Waals surface area contributed by atoms with Crippen LogP contribution in [0.1, 0.15) is 50.3 Å². The summed E-state index contributed by atoms with van der Waals surface area (Å²) in [6, 6.07) is 2.75. The molecule has 0 spiro atoms. The molecule has 1 saturated carbocycles. The monoisotopic (exact) mass is 218 g/mol. The molecule has 0 radical (unpaired) electrons. The van der Waals surface area contributed by atoms with Gasteiger partial charge >= 0.3 is 0 Å². The molecule has 1 N–H and O–H groups in total. The first-order valence-electron chi connectivity index (χ1n) is 6.30. The first kappa shape index (κ1) is 11.6. The third-order valence-electron chi connectivity index (χ3n) is 3.56. The van der Waals surface area contributed by atoms with Gasteiger partial charge in [0.15, 0.2) is 0 Å². The lowest BCUT2D eigenvalue weighted by molar-refractivity contribution is 0.366. The molecule has 0 amide bonds. The topological polar surface area (TPSA) is 24.9 Å². The van der Waals surface area contributed by atoms with Gasteiger partial charge in [0.05, 0.1) is 0 Å². The largest absolute Gasteiger partial charge is 0.309 e. The quantitative estimate of drug-likeness (QED) is 0.820. The van der Waals surface area contributed by atoms with Gasteiger partial charge in [0.1, 0.15) is 0 Å². The van der Waals surface area contributed by atoms with Crippen LogP contribution >= 0.6 is 0 Å². The normalized spacial score (nSPS) is 19.4. The van der Waals surface area contributed by atoms with Gasteiger partial charge in [-0.25, -0.2) is 0 Å². The van der Waals surface area contributed by atoms with Crippen molar-refractivity contribution in [3.63, 3.8) is 0 Å². The molecule has 1 heterocycles. The molecule has 2 heteroatoms. The molecule has 88 valence electrons. The van der Waals surface area contributed by atoms with E-state index in [1.165, 1.54) is 30.4 Å². The molecule has 0 bridgehead atoms. The predicted octanol–water partition coefficient (Wildman–Crippen LogP) is 3.23. The summed E-state index contributed by atoms with van der Waals surface area (Å²) in [7, 11) is 0. The second-order valence-electron chi connectivity index (χ2n) is 5.34. The summed E-state index contributed by atoms with van der Waals surface area (Å²) in [5.74, 6) is 0. The van der Waals surface area contributed by atoms with E-state index in [-0.39, 0.29) is 0 Å². The molecule has 16 heavy (non-hydrogen) atoms. The summed E-state index contributed by atoms with van der Waals surface area (Å²) >= 11 is 0. The Morgan fingerprint density at radius 1 is 1.44 bits per heavy atom. The van der Waals surface area contributed by atoms with Crippen LogP contribution in [0.25, 0.3) is 0 Å². The second kappa shape index (κ2) is 4.54.